The lowest BCUT2D eigenvalue weighted by Gasteiger charge is -2.24. The number of nitrogens with zero attached hydrogens (tertiary/aromatic N) is 2. The summed E-state index contributed by atoms with van der Waals surface area (Å²) >= 11 is 1.73. The van der Waals surface area contributed by atoms with Crippen LogP contribution >= 0.6 is 11.3 Å². The number of hydrogen-bond donors (Lipinski definition) is 1. The summed E-state index contributed by atoms with van der Waals surface area (Å²) in [4.78, 5) is 8.62. The van der Waals surface area contributed by atoms with Gasteiger partial charge in [-0.1, -0.05) is 54.6 Å². The second-order valence-corrected chi connectivity index (χ2v) is 8.93. The van der Waals surface area contributed by atoms with Crippen LogP contribution in [0, 0.1) is 6.92 Å². The van der Waals surface area contributed by atoms with E-state index in [9.17, 15) is 5.11 Å². The fourth-order valence-corrected chi connectivity index (χ4v) is 5.12. The van der Waals surface area contributed by atoms with Crippen molar-refractivity contribution in [3.63, 3.8) is 0 Å². The van der Waals surface area contributed by atoms with Gasteiger partial charge < -0.3 is 5.11 Å². The molecule has 146 valence electrons. The first-order chi connectivity index (χ1) is 14.1. The van der Waals surface area contributed by atoms with Gasteiger partial charge in [-0.25, -0.2) is 4.98 Å². The zero-order valence-electron chi connectivity index (χ0n) is 16.5. The van der Waals surface area contributed by atoms with E-state index in [2.05, 4.69) is 53.6 Å². The molecule has 2 aromatic carbocycles. The number of aryl methyl sites for hydroxylation is 1. The summed E-state index contributed by atoms with van der Waals surface area (Å²) < 4.78 is 0. The predicted octanol–water partition coefficient (Wildman–Crippen LogP) is 5.37. The highest BCUT2D eigenvalue weighted by Gasteiger charge is 2.37. The quantitative estimate of drug-likeness (QED) is 0.501. The molecule has 4 aromatic rings. The van der Waals surface area contributed by atoms with Crippen molar-refractivity contribution >= 4 is 22.2 Å². The Morgan fingerprint density at radius 3 is 2.72 bits per heavy atom. The predicted molar refractivity (Wildman–Crippen MR) is 120 cm³/mol. The SMILES string of the molecule is Cc1cccc2cc(CN3CCC(O)(c4ccccc4)C3)c(-c3cccs3)nc12. The van der Waals surface area contributed by atoms with Gasteiger partial charge in [0.05, 0.1) is 16.1 Å². The molecule has 1 aliphatic heterocycles. The van der Waals surface area contributed by atoms with Gasteiger partial charge in [-0.3, -0.25) is 4.90 Å². The standard InChI is InChI=1S/C25H24N2OS/c1-18-7-5-8-19-15-20(24(26-23(18)19)22-11-6-14-29-22)16-27-13-12-25(28,17-27)21-9-3-2-4-10-21/h2-11,14-15,28H,12-13,16-17H2,1H3. The number of pyridine rings is 1. The van der Waals surface area contributed by atoms with E-state index >= 15 is 0 Å². The highest BCUT2D eigenvalue weighted by atomic mass is 32.1. The third-order valence-electron chi connectivity index (χ3n) is 5.91. The largest absolute Gasteiger partial charge is 0.384 e. The van der Waals surface area contributed by atoms with Crippen LogP contribution in [0.15, 0.2) is 72.1 Å². The van der Waals surface area contributed by atoms with Crippen molar-refractivity contribution in [1.29, 1.82) is 0 Å². The van der Waals surface area contributed by atoms with Crippen LogP contribution in [0.3, 0.4) is 0 Å². The molecule has 29 heavy (non-hydrogen) atoms. The number of fused-ring (bicyclic) bond motifs is 1. The number of aromatic nitrogens is 1. The fraction of sp³-hybridized carbons (Fsp3) is 0.240. The van der Waals surface area contributed by atoms with Crippen LogP contribution in [0.5, 0.6) is 0 Å². The molecule has 0 spiro atoms. The molecule has 0 radical (unpaired) electrons. The molecule has 0 saturated carbocycles. The van der Waals surface area contributed by atoms with E-state index in [-0.39, 0.29) is 0 Å². The van der Waals surface area contributed by atoms with Crippen LogP contribution in [0.4, 0.5) is 0 Å². The lowest BCUT2D eigenvalue weighted by Crippen LogP contribution is -2.30. The molecule has 3 nitrogen and oxygen atoms in total. The molecule has 1 fully saturated rings. The van der Waals surface area contributed by atoms with E-state index in [0.29, 0.717) is 6.54 Å². The average Bonchev–Trinajstić information content (AvgIpc) is 3.40. The highest BCUT2D eigenvalue weighted by Crippen LogP contribution is 2.35. The van der Waals surface area contributed by atoms with Crippen LogP contribution in [0.1, 0.15) is 23.1 Å². The molecular formula is C25H24N2OS. The van der Waals surface area contributed by atoms with Gasteiger partial charge in [0.1, 0.15) is 5.60 Å². The first-order valence-electron chi connectivity index (χ1n) is 10.1. The number of benzene rings is 2. The van der Waals surface area contributed by atoms with E-state index in [1.807, 2.05) is 30.3 Å². The lowest BCUT2D eigenvalue weighted by molar-refractivity contribution is 0.0453. The summed E-state index contributed by atoms with van der Waals surface area (Å²) in [5.41, 5.74) is 4.80. The van der Waals surface area contributed by atoms with Crippen LogP contribution in [-0.4, -0.2) is 28.1 Å². The first kappa shape index (κ1) is 18.5. The van der Waals surface area contributed by atoms with Crippen molar-refractivity contribution in [2.24, 2.45) is 0 Å². The minimum absolute atomic E-state index is 0.646. The Balaban J connectivity index is 1.50. The van der Waals surface area contributed by atoms with Crippen LogP contribution in [0.25, 0.3) is 21.5 Å². The Morgan fingerprint density at radius 2 is 1.93 bits per heavy atom. The normalized spacial score (nSPS) is 19.8. The van der Waals surface area contributed by atoms with Crippen LogP contribution in [0.2, 0.25) is 0 Å². The average molecular weight is 401 g/mol. The molecule has 1 saturated heterocycles. The molecule has 1 atom stereocenters. The Morgan fingerprint density at radius 1 is 1.07 bits per heavy atom. The lowest BCUT2D eigenvalue weighted by atomic mass is 9.93. The molecule has 3 heterocycles. The van der Waals surface area contributed by atoms with Crippen molar-refractivity contribution in [2.75, 3.05) is 13.1 Å². The highest BCUT2D eigenvalue weighted by molar-refractivity contribution is 7.13. The topological polar surface area (TPSA) is 36.4 Å². The van der Waals surface area contributed by atoms with E-state index in [1.54, 1.807) is 11.3 Å². The summed E-state index contributed by atoms with van der Waals surface area (Å²) in [5.74, 6) is 0. The van der Waals surface area contributed by atoms with E-state index in [4.69, 9.17) is 4.98 Å². The zero-order chi connectivity index (χ0) is 19.8. The van der Waals surface area contributed by atoms with Crippen LogP contribution in [-0.2, 0) is 12.1 Å². The van der Waals surface area contributed by atoms with E-state index in [0.717, 1.165) is 36.3 Å². The molecule has 5 rings (SSSR count). The number of aliphatic hydroxyl groups is 1. The summed E-state index contributed by atoms with van der Waals surface area (Å²) in [6.07, 6.45) is 0.755. The third-order valence-corrected chi connectivity index (χ3v) is 6.79. The molecule has 1 unspecified atom stereocenters. The molecule has 4 heteroatoms. The maximum Gasteiger partial charge on any atom is 0.103 e. The van der Waals surface area contributed by atoms with Gasteiger partial charge in [-0.05, 0) is 47.5 Å². The second kappa shape index (κ2) is 7.38. The Bertz CT molecular complexity index is 1140. The van der Waals surface area contributed by atoms with Crippen molar-refractivity contribution < 1.29 is 5.11 Å². The monoisotopic (exact) mass is 400 g/mol. The van der Waals surface area contributed by atoms with E-state index in [1.165, 1.54) is 21.4 Å². The number of likely N-dealkylation sites (tertiary alicyclic amines) is 1. The fourth-order valence-electron chi connectivity index (χ4n) is 4.37. The van der Waals surface area contributed by atoms with Crippen molar-refractivity contribution in [2.45, 2.75) is 25.5 Å². The molecule has 1 aliphatic rings. The van der Waals surface area contributed by atoms with Gasteiger partial charge >= 0.3 is 0 Å². The number of β-amino-alcohol motifs (C(OH)–C–C–N with tert-alkyl or cyclic N) is 1. The van der Waals surface area contributed by atoms with Crippen LogP contribution < -0.4 is 0 Å². The zero-order valence-corrected chi connectivity index (χ0v) is 17.3. The van der Waals surface area contributed by atoms with Gasteiger partial charge in [0.15, 0.2) is 0 Å². The minimum atomic E-state index is -0.773. The Hall–Kier alpha value is -2.53. The molecule has 0 aliphatic carbocycles. The summed E-state index contributed by atoms with van der Waals surface area (Å²) in [6.45, 7) is 4.43. The van der Waals surface area contributed by atoms with Gasteiger partial charge in [-0.2, -0.15) is 0 Å². The van der Waals surface area contributed by atoms with Crippen molar-refractivity contribution in [3.8, 4) is 10.6 Å². The maximum atomic E-state index is 11.2. The molecular weight excluding hydrogens is 376 g/mol. The molecule has 1 N–H and O–H groups in total. The third kappa shape index (κ3) is 3.48. The van der Waals surface area contributed by atoms with Gasteiger partial charge in [0, 0.05) is 25.0 Å². The summed E-state index contributed by atoms with van der Waals surface area (Å²) in [5, 5.41) is 14.5. The summed E-state index contributed by atoms with van der Waals surface area (Å²) in [6, 6.07) is 22.9. The maximum absolute atomic E-state index is 11.2. The van der Waals surface area contributed by atoms with Gasteiger partial charge in [0.2, 0.25) is 0 Å². The summed E-state index contributed by atoms with van der Waals surface area (Å²) in [7, 11) is 0. The Kier molecular flexibility index (Phi) is 4.70. The minimum Gasteiger partial charge on any atom is -0.384 e. The van der Waals surface area contributed by atoms with Crippen molar-refractivity contribution in [3.05, 3.63) is 88.8 Å². The van der Waals surface area contributed by atoms with Gasteiger partial charge in [-0.15, -0.1) is 11.3 Å². The molecule has 2 aromatic heterocycles. The van der Waals surface area contributed by atoms with Crippen molar-refractivity contribution in [1.82, 2.24) is 9.88 Å². The Labute approximate surface area is 175 Å². The smallest absolute Gasteiger partial charge is 0.103 e. The molecule has 0 bridgehead atoms. The number of rotatable bonds is 4. The molecule has 0 amide bonds. The van der Waals surface area contributed by atoms with Gasteiger partial charge in [0.25, 0.3) is 0 Å². The second-order valence-electron chi connectivity index (χ2n) is 7.98. The first-order valence-corrected chi connectivity index (χ1v) is 10.9. The number of thiophene rings is 1. The number of hydrogen-bond acceptors (Lipinski definition) is 4. The van der Waals surface area contributed by atoms with E-state index < -0.39 is 5.60 Å². The number of para-hydroxylation sites is 1.